The Balaban J connectivity index is 3.10. The van der Waals surface area contributed by atoms with Gasteiger partial charge in [0.05, 0.1) is 17.1 Å². The van der Waals surface area contributed by atoms with Gasteiger partial charge in [0.15, 0.2) is 8.32 Å². The minimum atomic E-state index is -2.18. The van der Waals surface area contributed by atoms with Crippen LogP contribution >= 0.6 is 0 Å². The first-order valence-electron chi connectivity index (χ1n) is 9.02. The Morgan fingerprint density at radius 2 is 1.78 bits per heavy atom. The molecule has 2 atom stereocenters. The van der Waals surface area contributed by atoms with E-state index in [2.05, 4.69) is 40.4 Å². The number of rotatable bonds is 9. The van der Waals surface area contributed by atoms with Gasteiger partial charge in [-0.3, -0.25) is 14.9 Å². The number of Topliss-reactive ketones (excluding diaryl/α,β-unsaturated/α-hetero) is 1. The van der Waals surface area contributed by atoms with E-state index in [4.69, 9.17) is 4.43 Å². The van der Waals surface area contributed by atoms with E-state index < -0.39 is 25.4 Å². The second-order valence-corrected chi connectivity index (χ2v) is 13.3. The summed E-state index contributed by atoms with van der Waals surface area (Å²) < 4.78 is 6.45. The monoisotopic (exact) mass is 393 g/mol. The van der Waals surface area contributed by atoms with Gasteiger partial charge in [0.2, 0.25) is 0 Å². The number of nitrogens with zero attached hydrogens (tertiary/aromatic N) is 1. The lowest BCUT2D eigenvalue weighted by molar-refractivity contribution is -0.384. The van der Waals surface area contributed by atoms with Gasteiger partial charge in [-0.15, -0.1) is 0 Å². The number of non-ortho nitro benzene ring substituents is 1. The number of nitro groups is 1. The molecule has 0 fully saturated rings. The summed E-state index contributed by atoms with van der Waals surface area (Å²) in [4.78, 5) is 22.9. The minimum absolute atomic E-state index is 0.00569. The molecule has 0 heterocycles. The van der Waals surface area contributed by atoms with Crippen molar-refractivity contribution in [3.63, 3.8) is 0 Å². The quantitative estimate of drug-likeness (QED) is 0.278. The largest absolute Gasteiger partial charge is 0.409 e. The van der Waals surface area contributed by atoms with Crippen LogP contribution in [0.3, 0.4) is 0 Å². The molecule has 1 aromatic carbocycles. The molecule has 0 bridgehead atoms. The van der Waals surface area contributed by atoms with Crippen molar-refractivity contribution in [2.24, 2.45) is 0 Å². The smallest absolute Gasteiger partial charge is 0.269 e. The number of carbonyl (C=O) groups excluding carboxylic acids is 1. The Bertz CT molecular complexity index is 691. The van der Waals surface area contributed by atoms with E-state index in [0.717, 1.165) is 5.56 Å². The molecule has 0 aliphatic rings. The molecule has 6 nitrogen and oxygen atoms in total. The highest BCUT2D eigenvalue weighted by Gasteiger charge is 2.40. The van der Waals surface area contributed by atoms with Gasteiger partial charge in [0, 0.05) is 25.0 Å². The molecule has 0 aliphatic carbocycles. The molecule has 7 heteroatoms. The maximum absolute atomic E-state index is 12.5. The summed E-state index contributed by atoms with van der Waals surface area (Å²) in [6.07, 6.45) is -1.28. The van der Waals surface area contributed by atoms with Gasteiger partial charge in [-0.25, -0.2) is 0 Å². The van der Waals surface area contributed by atoms with E-state index >= 15 is 0 Å². The average molecular weight is 394 g/mol. The summed E-state index contributed by atoms with van der Waals surface area (Å²) in [5.41, 5.74) is 1.26. The predicted octanol–water partition coefficient (Wildman–Crippen LogP) is 4.94. The molecule has 1 N–H and O–H groups in total. The summed E-state index contributed by atoms with van der Waals surface area (Å²) >= 11 is 0. The van der Waals surface area contributed by atoms with Crippen LogP contribution in [0.15, 0.2) is 36.4 Å². The summed E-state index contributed by atoms with van der Waals surface area (Å²) in [6.45, 7) is 15.9. The van der Waals surface area contributed by atoms with E-state index in [1.165, 1.54) is 12.1 Å². The van der Waals surface area contributed by atoms with Crippen LogP contribution in [-0.4, -0.2) is 30.2 Å². The average Bonchev–Trinajstić information content (AvgIpc) is 2.52. The standard InChI is InChI=1S/C20H31NO5Si/c1-14(2)18(23)12-17(22)13-19(26-27(6,7)20(3,4)5)15-8-10-16(11-9-15)21(24)25/h8-11,18-19,23H,1,12-13H2,2-7H3/t18-,19+/m1/s1. The Kier molecular flexibility index (Phi) is 7.65. The van der Waals surface area contributed by atoms with E-state index in [-0.39, 0.29) is 29.4 Å². The number of ketones is 1. The van der Waals surface area contributed by atoms with Crippen LogP contribution in [0.25, 0.3) is 0 Å². The first kappa shape index (κ1) is 23.2. The topological polar surface area (TPSA) is 89.7 Å². The number of carbonyl (C=O) groups is 1. The minimum Gasteiger partial charge on any atom is -0.409 e. The van der Waals surface area contributed by atoms with Crippen molar-refractivity contribution >= 4 is 19.8 Å². The zero-order chi connectivity index (χ0) is 21.0. The third-order valence-corrected chi connectivity index (χ3v) is 9.61. The lowest BCUT2D eigenvalue weighted by atomic mass is 9.99. The molecular formula is C20H31NO5Si. The number of aliphatic hydroxyl groups is 1. The maximum atomic E-state index is 12.5. The fourth-order valence-corrected chi connectivity index (χ4v) is 3.53. The van der Waals surface area contributed by atoms with E-state index in [9.17, 15) is 20.0 Å². The fourth-order valence-electron chi connectivity index (χ4n) is 2.25. The molecule has 0 aromatic heterocycles. The fraction of sp³-hybridized carbons (Fsp3) is 0.550. The van der Waals surface area contributed by atoms with Gasteiger partial charge in [-0.05, 0) is 42.8 Å². The van der Waals surface area contributed by atoms with Gasteiger partial charge in [0.25, 0.3) is 5.69 Å². The van der Waals surface area contributed by atoms with Crippen molar-refractivity contribution in [3.05, 3.63) is 52.1 Å². The first-order valence-corrected chi connectivity index (χ1v) is 11.9. The highest BCUT2D eigenvalue weighted by atomic mass is 28.4. The molecule has 27 heavy (non-hydrogen) atoms. The third kappa shape index (κ3) is 6.68. The number of hydrogen-bond donors (Lipinski definition) is 1. The van der Waals surface area contributed by atoms with Crippen molar-refractivity contribution in [2.75, 3.05) is 0 Å². The SMILES string of the molecule is C=C(C)[C@H](O)CC(=O)C[C@H](O[Si](C)(C)C(C)(C)C)c1ccc([N+](=O)[O-])cc1. The summed E-state index contributed by atoms with van der Waals surface area (Å²) in [5.74, 6) is -0.132. The van der Waals surface area contributed by atoms with Crippen molar-refractivity contribution in [1.29, 1.82) is 0 Å². The number of nitro benzene ring substituents is 1. The van der Waals surface area contributed by atoms with E-state index in [0.29, 0.717) is 5.57 Å². The van der Waals surface area contributed by atoms with Crippen molar-refractivity contribution in [2.45, 2.75) is 70.9 Å². The van der Waals surface area contributed by atoms with Gasteiger partial charge >= 0.3 is 0 Å². The first-order chi connectivity index (χ1) is 12.2. The highest BCUT2D eigenvalue weighted by Crippen LogP contribution is 2.40. The molecule has 0 saturated carbocycles. The summed E-state index contributed by atoms with van der Waals surface area (Å²) in [7, 11) is -2.18. The molecule has 0 radical (unpaired) electrons. The van der Waals surface area contributed by atoms with Gasteiger partial charge in [0.1, 0.15) is 5.78 Å². The number of hydrogen-bond acceptors (Lipinski definition) is 5. The Labute approximate surface area is 162 Å². The van der Waals surface area contributed by atoms with Crippen LogP contribution < -0.4 is 0 Å². The van der Waals surface area contributed by atoms with Crippen LogP contribution in [0.1, 0.15) is 52.2 Å². The zero-order valence-corrected chi connectivity index (χ0v) is 18.1. The zero-order valence-electron chi connectivity index (χ0n) is 17.1. The molecule has 0 unspecified atom stereocenters. The lowest BCUT2D eigenvalue weighted by Gasteiger charge is -2.39. The van der Waals surface area contributed by atoms with Crippen LogP contribution in [0.4, 0.5) is 5.69 Å². The van der Waals surface area contributed by atoms with Crippen LogP contribution in [0, 0.1) is 10.1 Å². The van der Waals surface area contributed by atoms with E-state index in [1.807, 2.05) is 0 Å². The second-order valence-electron chi connectivity index (χ2n) is 8.52. The second kappa shape index (κ2) is 8.90. The van der Waals surface area contributed by atoms with Crippen LogP contribution in [0.5, 0.6) is 0 Å². The van der Waals surface area contributed by atoms with Crippen molar-refractivity contribution in [1.82, 2.24) is 0 Å². The summed E-state index contributed by atoms with van der Waals surface area (Å²) in [5, 5.41) is 20.8. The maximum Gasteiger partial charge on any atom is 0.269 e. The van der Waals surface area contributed by atoms with Crippen molar-refractivity contribution in [3.8, 4) is 0 Å². The Hall–Kier alpha value is -1.83. The molecule has 0 aliphatic heterocycles. The molecule has 0 amide bonds. The molecular weight excluding hydrogens is 362 g/mol. The van der Waals surface area contributed by atoms with E-state index in [1.54, 1.807) is 19.1 Å². The summed E-state index contributed by atoms with van der Waals surface area (Å²) in [6, 6.07) is 6.12. The Morgan fingerprint density at radius 3 is 2.19 bits per heavy atom. The molecule has 0 saturated heterocycles. The van der Waals surface area contributed by atoms with Crippen LogP contribution in [-0.2, 0) is 9.22 Å². The predicted molar refractivity (Wildman–Crippen MR) is 109 cm³/mol. The van der Waals surface area contributed by atoms with Gasteiger partial charge in [-0.1, -0.05) is 32.9 Å². The Morgan fingerprint density at radius 1 is 1.26 bits per heavy atom. The highest BCUT2D eigenvalue weighted by molar-refractivity contribution is 6.74. The molecule has 1 rings (SSSR count). The normalized spacial score (nSPS) is 14.5. The molecule has 0 spiro atoms. The molecule has 1 aromatic rings. The number of benzene rings is 1. The molecule has 150 valence electrons. The van der Waals surface area contributed by atoms with Gasteiger partial charge in [-0.2, -0.15) is 0 Å². The van der Waals surface area contributed by atoms with Crippen molar-refractivity contribution < 1.29 is 19.3 Å². The number of aliphatic hydroxyl groups excluding tert-OH is 1. The third-order valence-electron chi connectivity index (χ3n) is 5.12. The lowest BCUT2D eigenvalue weighted by Crippen LogP contribution is -2.42. The van der Waals surface area contributed by atoms with Crippen LogP contribution in [0.2, 0.25) is 18.1 Å². The van der Waals surface area contributed by atoms with Gasteiger partial charge < -0.3 is 9.53 Å².